The van der Waals surface area contributed by atoms with Crippen LogP contribution in [0.5, 0.6) is 0 Å². The Bertz CT molecular complexity index is 556. The second-order valence-electron chi connectivity index (χ2n) is 5.45. The Labute approximate surface area is 129 Å². The van der Waals surface area contributed by atoms with Crippen molar-refractivity contribution >= 4 is 5.97 Å². The number of esters is 1. The standard InChI is InChI=1S/C15H16F5NO2/c1-23-12(22)8-11-13(21-7-6-14(11,16)17)9-2-4-10(5-3-9)15(18,19)20/h2-5,11,13,21H,6-8H2,1H3. The fourth-order valence-corrected chi connectivity index (χ4v) is 2.73. The van der Waals surface area contributed by atoms with Crippen LogP contribution in [-0.2, 0) is 15.7 Å². The van der Waals surface area contributed by atoms with Crippen LogP contribution in [0.3, 0.4) is 0 Å². The van der Waals surface area contributed by atoms with Crippen LogP contribution in [0.1, 0.15) is 30.0 Å². The summed E-state index contributed by atoms with van der Waals surface area (Å²) < 4.78 is 70.5. The second-order valence-corrected chi connectivity index (χ2v) is 5.45. The molecule has 1 aliphatic rings. The van der Waals surface area contributed by atoms with E-state index < -0.39 is 48.4 Å². The number of nitrogens with one attached hydrogen (secondary N) is 1. The third-order valence-corrected chi connectivity index (χ3v) is 3.98. The van der Waals surface area contributed by atoms with Crippen molar-refractivity contribution in [3.05, 3.63) is 35.4 Å². The summed E-state index contributed by atoms with van der Waals surface area (Å²) in [6, 6.07) is 3.09. The molecule has 1 aliphatic heterocycles. The molecule has 0 spiro atoms. The molecule has 0 radical (unpaired) electrons. The van der Waals surface area contributed by atoms with Crippen LogP contribution >= 0.6 is 0 Å². The largest absolute Gasteiger partial charge is 0.469 e. The molecule has 0 aromatic heterocycles. The van der Waals surface area contributed by atoms with E-state index in [-0.39, 0.29) is 12.1 Å². The highest BCUT2D eigenvalue weighted by atomic mass is 19.4. The molecule has 8 heteroatoms. The number of halogens is 5. The maximum atomic E-state index is 14.1. The van der Waals surface area contributed by atoms with Crippen molar-refractivity contribution in [3.63, 3.8) is 0 Å². The smallest absolute Gasteiger partial charge is 0.416 e. The molecule has 1 N–H and O–H groups in total. The molecule has 1 heterocycles. The van der Waals surface area contributed by atoms with Crippen molar-refractivity contribution in [1.82, 2.24) is 5.32 Å². The molecule has 1 fully saturated rings. The zero-order valence-electron chi connectivity index (χ0n) is 12.3. The van der Waals surface area contributed by atoms with Crippen molar-refractivity contribution in [2.75, 3.05) is 13.7 Å². The molecular formula is C15H16F5NO2. The lowest BCUT2D eigenvalue weighted by molar-refractivity contribution is -0.151. The number of methoxy groups -OCH3 is 1. The molecule has 128 valence electrons. The van der Waals surface area contributed by atoms with Crippen molar-refractivity contribution < 1.29 is 31.5 Å². The number of carbonyl (C=O) groups is 1. The summed E-state index contributed by atoms with van der Waals surface area (Å²) in [6.07, 6.45) is -5.44. The molecule has 1 aromatic rings. The number of hydrogen-bond donors (Lipinski definition) is 1. The summed E-state index contributed by atoms with van der Waals surface area (Å²) in [5.41, 5.74) is -0.570. The van der Waals surface area contributed by atoms with Crippen molar-refractivity contribution in [3.8, 4) is 0 Å². The van der Waals surface area contributed by atoms with Gasteiger partial charge in [0, 0.05) is 19.0 Å². The van der Waals surface area contributed by atoms with Gasteiger partial charge in [0.05, 0.1) is 25.0 Å². The van der Waals surface area contributed by atoms with Crippen LogP contribution in [0.4, 0.5) is 22.0 Å². The first-order valence-corrected chi connectivity index (χ1v) is 7.00. The Morgan fingerprint density at radius 1 is 1.30 bits per heavy atom. The Morgan fingerprint density at radius 2 is 1.91 bits per heavy atom. The van der Waals surface area contributed by atoms with Crippen LogP contribution in [0, 0.1) is 5.92 Å². The molecule has 2 rings (SSSR count). The Kier molecular flexibility index (Phi) is 4.93. The summed E-state index contributed by atoms with van der Waals surface area (Å²) in [7, 11) is 1.10. The van der Waals surface area contributed by atoms with E-state index in [9.17, 15) is 26.7 Å². The van der Waals surface area contributed by atoms with Crippen molar-refractivity contribution in [2.45, 2.75) is 31.0 Å². The van der Waals surface area contributed by atoms with Crippen molar-refractivity contribution in [2.24, 2.45) is 5.92 Å². The Morgan fingerprint density at radius 3 is 2.43 bits per heavy atom. The molecule has 0 saturated carbocycles. The van der Waals surface area contributed by atoms with Crippen LogP contribution in [0.15, 0.2) is 24.3 Å². The van der Waals surface area contributed by atoms with E-state index in [1.165, 1.54) is 0 Å². The number of piperidine rings is 1. The Hall–Kier alpha value is -1.70. The van der Waals surface area contributed by atoms with Gasteiger partial charge in [0.25, 0.3) is 5.92 Å². The second kappa shape index (κ2) is 6.43. The number of alkyl halides is 5. The summed E-state index contributed by atoms with van der Waals surface area (Å²) in [5.74, 6) is -5.26. The van der Waals surface area contributed by atoms with E-state index in [0.717, 1.165) is 31.4 Å². The van der Waals surface area contributed by atoms with Crippen molar-refractivity contribution in [1.29, 1.82) is 0 Å². The average molecular weight is 337 g/mol. The predicted octanol–water partition coefficient (Wildman–Crippen LogP) is 3.55. The lowest BCUT2D eigenvalue weighted by Crippen LogP contribution is -2.47. The highest BCUT2D eigenvalue weighted by molar-refractivity contribution is 5.69. The van der Waals surface area contributed by atoms with Gasteiger partial charge < -0.3 is 10.1 Å². The first-order chi connectivity index (χ1) is 10.6. The monoisotopic (exact) mass is 337 g/mol. The molecule has 0 bridgehead atoms. The van der Waals surface area contributed by atoms with E-state index in [2.05, 4.69) is 10.1 Å². The molecule has 0 aliphatic carbocycles. The maximum absolute atomic E-state index is 14.1. The van der Waals surface area contributed by atoms with E-state index in [0.29, 0.717) is 0 Å². The van der Waals surface area contributed by atoms with Crippen LogP contribution in [0.25, 0.3) is 0 Å². The van der Waals surface area contributed by atoms with Gasteiger partial charge in [-0.1, -0.05) is 12.1 Å². The Balaban J connectivity index is 2.28. The molecular weight excluding hydrogens is 321 g/mol. The minimum atomic E-state index is -4.49. The first-order valence-electron chi connectivity index (χ1n) is 7.00. The van der Waals surface area contributed by atoms with E-state index >= 15 is 0 Å². The number of benzene rings is 1. The van der Waals surface area contributed by atoms with Gasteiger partial charge in [-0.15, -0.1) is 0 Å². The molecule has 23 heavy (non-hydrogen) atoms. The number of rotatable bonds is 3. The molecule has 2 unspecified atom stereocenters. The maximum Gasteiger partial charge on any atom is 0.416 e. The normalized spacial score (nSPS) is 24.3. The van der Waals surface area contributed by atoms with Gasteiger partial charge in [0.2, 0.25) is 0 Å². The number of ether oxygens (including phenoxy) is 1. The predicted molar refractivity (Wildman–Crippen MR) is 71.9 cm³/mol. The SMILES string of the molecule is COC(=O)CC1C(c2ccc(C(F)(F)F)cc2)NCCC1(F)F. The van der Waals surface area contributed by atoms with Gasteiger partial charge in [-0.05, 0) is 17.7 Å². The fraction of sp³-hybridized carbons (Fsp3) is 0.533. The van der Waals surface area contributed by atoms with Crippen LogP contribution in [-0.4, -0.2) is 25.5 Å². The van der Waals surface area contributed by atoms with Gasteiger partial charge >= 0.3 is 12.1 Å². The molecule has 3 nitrogen and oxygen atoms in total. The zero-order chi connectivity index (χ0) is 17.3. The van der Waals surface area contributed by atoms with Gasteiger partial charge in [0.15, 0.2) is 0 Å². The third-order valence-electron chi connectivity index (χ3n) is 3.98. The summed E-state index contributed by atoms with van der Waals surface area (Å²) in [6.45, 7) is 0.0103. The summed E-state index contributed by atoms with van der Waals surface area (Å²) in [4.78, 5) is 11.4. The number of hydrogen-bond acceptors (Lipinski definition) is 3. The van der Waals surface area contributed by atoms with Gasteiger partial charge in [-0.25, -0.2) is 8.78 Å². The van der Waals surface area contributed by atoms with Gasteiger partial charge in [0.1, 0.15) is 0 Å². The van der Waals surface area contributed by atoms with Gasteiger partial charge in [-0.2, -0.15) is 13.2 Å². The van der Waals surface area contributed by atoms with Crippen LogP contribution < -0.4 is 5.32 Å². The molecule has 1 aromatic carbocycles. The van der Waals surface area contributed by atoms with E-state index in [4.69, 9.17) is 0 Å². The highest BCUT2D eigenvalue weighted by Crippen LogP contribution is 2.43. The fourth-order valence-electron chi connectivity index (χ4n) is 2.73. The minimum absolute atomic E-state index is 0.0103. The zero-order valence-corrected chi connectivity index (χ0v) is 12.3. The van der Waals surface area contributed by atoms with Gasteiger partial charge in [-0.3, -0.25) is 4.79 Å². The molecule has 0 amide bonds. The van der Waals surface area contributed by atoms with E-state index in [1.807, 2.05) is 0 Å². The first kappa shape index (κ1) is 17.7. The highest BCUT2D eigenvalue weighted by Gasteiger charge is 2.48. The average Bonchev–Trinajstić information content (AvgIpc) is 2.48. The lowest BCUT2D eigenvalue weighted by Gasteiger charge is -2.38. The number of carbonyl (C=O) groups excluding carboxylic acids is 1. The quantitative estimate of drug-likeness (QED) is 0.677. The van der Waals surface area contributed by atoms with Crippen LogP contribution in [0.2, 0.25) is 0 Å². The summed E-state index contributed by atoms with van der Waals surface area (Å²) >= 11 is 0. The third kappa shape index (κ3) is 3.99. The molecule has 2 atom stereocenters. The molecule has 1 saturated heterocycles. The summed E-state index contributed by atoms with van der Waals surface area (Å²) in [5, 5.41) is 2.86. The topological polar surface area (TPSA) is 38.3 Å². The lowest BCUT2D eigenvalue weighted by atomic mass is 9.81. The van der Waals surface area contributed by atoms with E-state index in [1.54, 1.807) is 0 Å². The minimum Gasteiger partial charge on any atom is -0.469 e.